The summed E-state index contributed by atoms with van der Waals surface area (Å²) in [5.74, 6) is 0.278. The van der Waals surface area contributed by atoms with E-state index in [-0.39, 0.29) is 17.6 Å². The zero-order valence-electron chi connectivity index (χ0n) is 10.8. The summed E-state index contributed by atoms with van der Waals surface area (Å²) >= 11 is 0. The summed E-state index contributed by atoms with van der Waals surface area (Å²) in [5.41, 5.74) is 6.90. The van der Waals surface area contributed by atoms with Crippen molar-refractivity contribution < 1.29 is 9.00 Å². The number of nitrogen functional groups attached to an aromatic ring is 1. The fraction of sp³-hybridized carbons (Fsp3) is 0.462. The van der Waals surface area contributed by atoms with Crippen LogP contribution in [0.4, 0.5) is 11.4 Å². The average Bonchev–Trinajstić information content (AvgIpc) is 2.35. The summed E-state index contributed by atoms with van der Waals surface area (Å²) in [6.45, 7) is 3.93. The highest BCUT2D eigenvalue weighted by Crippen LogP contribution is 2.12. The van der Waals surface area contributed by atoms with Crippen LogP contribution in [0.3, 0.4) is 0 Å². The quantitative estimate of drug-likeness (QED) is 0.776. The van der Waals surface area contributed by atoms with Gasteiger partial charge in [0.2, 0.25) is 5.91 Å². The normalized spacial score (nSPS) is 13.9. The molecule has 4 nitrogen and oxygen atoms in total. The van der Waals surface area contributed by atoms with Gasteiger partial charge in [0.15, 0.2) is 0 Å². The number of rotatable bonds is 6. The lowest BCUT2D eigenvalue weighted by atomic mass is 10.3. The van der Waals surface area contributed by atoms with Crippen LogP contribution >= 0.6 is 0 Å². The van der Waals surface area contributed by atoms with E-state index in [2.05, 4.69) is 5.32 Å². The monoisotopic (exact) mass is 268 g/mol. The first-order valence-corrected chi connectivity index (χ1v) is 7.43. The van der Waals surface area contributed by atoms with Crippen molar-refractivity contribution in [1.82, 2.24) is 0 Å². The van der Waals surface area contributed by atoms with E-state index in [9.17, 15) is 9.00 Å². The third-order valence-electron chi connectivity index (χ3n) is 2.72. The lowest BCUT2D eigenvalue weighted by Gasteiger charge is -2.09. The first-order valence-electron chi connectivity index (χ1n) is 6.05. The van der Waals surface area contributed by atoms with Crippen LogP contribution in [0.5, 0.6) is 0 Å². The molecule has 1 amide bonds. The molecule has 2 unspecified atom stereocenters. The zero-order valence-corrected chi connectivity index (χ0v) is 11.6. The first-order chi connectivity index (χ1) is 8.52. The molecule has 0 aliphatic rings. The van der Waals surface area contributed by atoms with Gasteiger partial charge in [0.25, 0.3) is 0 Å². The van der Waals surface area contributed by atoms with Gasteiger partial charge in [0, 0.05) is 39.6 Å². The van der Waals surface area contributed by atoms with Crippen LogP contribution in [0.15, 0.2) is 24.3 Å². The third kappa shape index (κ3) is 4.87. The van der Waals surface area contributed by atoms with Gasteiger partial charge in [-0.1, -0.05) is 19.9 Å². The van der Waals surface area contributed by atoms with Gasteiger partial charge >= 0.3 is 0 Å². The van der Waals surface area contributed by atoms with Crippen LogP contribution in [-0.4, -0.2) is 21.1 Å². The summed E-state index contributed by atoms with van der Waals surface area (Å²) in [5, 5.41) is 2.89. The highest BCUT2D eigenvalue weighted by molar-refractivity contribution is 7.85. The minimum Gasteiger partial charge on any atom is -0.399 e. The maximum absolute atomic E-state index is 11.7. The van der Waals surface area contributed by atoms with E-state index in [1.54, 1.807) is 24.3 Å². The van der Waals surface area contributed by atoms with E-state index in [4.69, 9.17) is 5.73 Å². The molecule has 3 N–H and O–H groups in total. The molecule has 0 heterocycles. The highest BCUT2D eigenvalue weighted by atomic mass is 32.2. The van der Waals surface area contributed by atoms with E-state index in [0.717, 1.165) is 6.42 Å². The van der Waals surface area contributed by atoms with E-state index >= 15 is 0 Å². The minimum atomic E-state index is -0.933. The molecular weight excluding hydrogens is 248 g/mol. The van der Waals surface area contributed by atoms with Crippen molar-refractivity contribution in [3.8, 4) is 0 Å². The second kappa shape index (κ2) is 7.16. The van der Waals surface area contributed by atoms with Crippen molar-refractivity contribution in [3.63, 3.8) is 0 Å². The Labute approximate surface area is 110 Å². The summed E-state index contributed by atoms with van der Waals surface area (Å²) in [4.78, 5) is 11.7. The molecule has 0 spiro atoms. The summed E-state index contributed by atoms with van der Waals surface area (Å²) in [6, 6.07) is 7.01. The Morgan fingerprint density at radius 2 is 2.22 bits per heavy atom. The number of amides is 1. The Morgan fingerprint density at radius 1 is 1.50 bits per heavy atom. The Hall–Kier alpha value is -1.36. The maximum Gasteiger partial charge on any atom is 0.225 e. The molecule has 18 heavy (non-hydrogen) atoms. The molecular formula is C13H20N2O2S. The van der Waals surface area contributed by atoms with Gasteiger partial charge in [0.05, 0.1) is 0 Å². The van der Waals surface area contributed by atoms with Gasteiger partial charge in [-0.05, 0) is 24.6 Å². The predicted molar refractivity (Wildman–Crippen MR) is 76.9 cm³/mol. The summed E-state index contributed by atoms with van der Waals surface area (Å²) in [6.07, 6.45) is 1.13. The van der Waals surface area contributed by atoms with E-state index in [0.29, 0.717) is 17.1 Å². The Balaban J connectivity index is 2.41. The van der Waals surface area contributed by atoms with Gasteiger partial charge in [-0.3, -0.25) is 9.00 Å². The second-order valence-electron chi connectivity index (χ2n) is 4.23. The molecule has 5 heteroatoms. The van der Waals surface area contributed by atoms with E-state index in [1.165, 1.54) is 0 Å². The van der Waals surface area contributed by atoms with Crippen LogP contribution in [0.2, 0.25) is 0 Å². The molecule has 0 bridgehead atoms. The minimum absolute atomic E-state index is 0.128. The maximum atomic E-state index is 11.7. The zero-order chi connectivity index (χ0) is 13.5. The summed E-state index contributed by atoms with van der Waals surface area (Å²) in [7, 11) is -0.933. The fourth-order valence-electron chi connectivity index (χ4n) is 1.42. The number of nitrogens with two attached hydrogens (primary N) is 1. The third-order valence-corrected chi connectivity index (χ3v) is 4.56. The Morgan fingerprint density at radius 3 is 2.83 bits per heavy atom. The lowest BCUT2D eigenvalue weighted by Crippen LogP contribution is -2.19. The number of carbonyl (C=O) groups is 1. The fourth-order valence-corrected chi connectivity index (χ4v) is 2.58. The molecule has 0 fully saturated rings. The van der Waals surface area contributed by atoms with Crippen LogP contribution in [0.25, 0.3) is 0 Å². The predicted octanol–water partition coefficient (Wildman–Crippen LogP) is 2.14. The van der Waals surface area contributed by atoms with Crippen molar-refractivity contribution in [3.05, 3.63) is 24.3 Å². The second-order valence-corrected chi connectivity index (χ2v) is 6.20. The van der Waals surface area contributed by atoms with E-state index < -0.39 is 10.8 Å². The largest absolute Gasteiger partial charge is 0.399 e. The van der Waals surface area contributed by atoms with Crippen molar-refractivity contribution >= 4 is 28.1 Å². The standard InChI is InChI=1S/C13H20N2O2S/c1-3-10(2)18(17)8-7-13(16)15-12-6-4-5-11(14)9-12/h4-6,9-10H,3,7-8,14H2,1-2H3,(H,15,16). The molecule has 100 valence electrons. The smallest absolute Gasteiger partial charge is 0.225 e. The number of anilines is 2. The average molecular weight is 268 g/mol. The molecule has 1 rings (SSSR count). The van der Waals surface area contributed by atoms with Gasteiger partial charge in [0.1, 0.15) is 0 Å². The SMILES string of the molecule is CCC(C)S(=O)CCC(=O)Nc1cccc(N)c1. The summed E-state index contributed by atoms with van der Waals surface area (Å²) < 4.78 is 11.7. The number of carbonyl (C=O) groups excluding carboxylic acids is 1. The number of nitrogens with one attached hydrogen (secondary N) is 1. The van der Waals surface area contributed by atoms with Gasteiger partial charge in [-0.15, -0.1) is 0 Å². The van der Waals surface area contributed by atoms with Crippen LogP contribution in [-0.2, 0) is 15.6 Å². The Bertz CT molecular complexity index is 435. The van der Waals surface area contributed by atoms with E-state index in [1.807, 2.05) is 13.8 Å². The topological polar surface area (TPSA) is 72.2 Å². The molecule has 0 saturated heterocycles. The van der Waals surface area contributed by atoms with Gasteiger partial charge < -0.3 is 11.1 Å². The molecule has 1 aromatic carbocycles. The number of hydrogen-bond donors (Lipinski definition) is 2. The van der Waals surface area contributed by atoms with Crippen LogP contribution in [0, 0.1) is 0 Å². The van der Waals surface area contributed by atoms with Crippen molar-refractivity contribution in [2.24, 2.45) is 0 Å². The molecule has 1 aromatic rings. The number of hydrogen-bond acceptors (Lipinski definition) is 3. The molecule has 0 saturated carbocycles. The van der Waals surface area contributed by atoms with Crippen molar-refractivity contribution in [1.29, 1.82) is 0 Å². The molecule has 0 aliphatic heterocycles. The molecule has 0 radical (unpaired) electrons. The molecule has 2 atom stereocenters. The van der Waals surface area contributed by atoms with Crippen LogP contribution < -0.4 is 11.1 Å². The Kier molecular flexibility index (Phi) is 5.85. The van der Waals surface area contributed by atoms with Crippen molar-refractivity contribution in [2.75, 3.05) is 16.8 Å². The molecule has 0 aliphatic carbocycles. The van der Waals surface area contributed by atoms with Crippen molar-refractivity contribution in [2.45, 2.75) is 31.9 Å². The highest BCUT2D eigenvalue weighted by Gasteiger charge is 2.11. The number of benzene rings is 1. The lowest BCUT2D eigenvalue weighted by molar-refractivity contribution is -0.115. The molecule has 0 aromatic heterocycles. The first kappa shape index (κ1) is 14.7. The van der Waals surface area contributed by atoms with Gasteiger partial charge in [-0.25, -0.2) is 0 Å². The van der Waals surface area contributed by atoms with Crippen LogP contribution in [0.1, 0.15) is 26.7 Å². The van der Waals surface area contributed by atoms with Gasteiger partial charge in [-0.2, -0.15) is 0 Å².